The van der Waals surface area contributed by atoms with Crippen molar-refractivity contribution in [2.75, 3.05) is 14.2 Å². The molecular weight excluding hydrogens is 286 g/mol. The molecule has 112 valence electrons. The van der Waals surface area contributed by atoms with Crippen LogP contribution in [0.3, 0.4) is 0 Å². The zero-order valence-electron chi connectivity index (χ0n) is 12.6. The lowest BCUT2D eigenvalue weighted by Gasteiger charge is -2.13. The van der Waals surface area contributed by atoms with Gasteiger partial charge in [0.05, 0.1) is 19.2 Å². The van der Waals surface area contributed by atoms with Gasteiger partial charge in [-0.25, -0.2) is 0 Å². The van der Waals surface area contributed by atoms with E-state index in [1.807, 2.05) is 12.1 Å². The van der Waals surface area contributed by atoms with Gasteiger partial charge in [0.25, 0.3) is 0 Å². The van der Waals surface area contributed by atoms with Gasteiger partial charge in [-0.3, -0.25) is 0 Å². The lowest BCUT2D eigenvalue weighted by molar-refractivity contribution is 0.354. The third kappa shape index (κ3) is 3.90. The number of hydrogen-bond acceptors (Lipinski definition) is 3. The van der Waals surface area contributed by atoms with E-state index in [0.717, 1.165) is 12.1 Å². The molecule has 0 aliphatic rings. The predicted molar refractivity (Wildman–Crippen MR) is 86.3 cm³/mol. The Bertz CT molecular complexity index is 596. The molecule has 0 aliphatic heterocycles. The summed E-state index contributed by atoms with van der Waals surface area (Å²) in [5.74, 6) is 1.22. The van der Waals surface area contributed by atoms with Crippen LogP contribution < -0.4 is 14.8 Å². The summed E-state index contributed by atoms with van der Waals surface area (Å²) >= 11 is 6.35. The van der Waals surface area contributed by atoms with Gasteiger partial charge in [-0.15, -0.1) is 0 Å². The molecular formula is C17H20ClNO2. The quantitative estimate of drug-likeness (QED) is 0.876. The minimum Gasteiger partial charge on any atom is -0.493 e. The minimum absolute atomic E-state index is 0.578. The average Bonchev–Trinajstić information content (AvgIpc) is 2.50. The van der Waals surface area contributed by atoms with E-state index in [-0.39, 0.29) is 0 Å². The van der Waals surface area contributed by atoms with Gasteiger partial charge in [0, 0.05) is 13.1 Å². The molecule has 4 heteroatoms. The molecule has 3 nitrogen and oxygen atoms in total. The highest BCUT2D eigenvalue weighted by molar-refractivity contribution is 6.33. The van der Waals surface area contributed by atoms with Gasteiger partial charge < -0.3 is 14.8 Å². The summed E-state index contributed by atoms with van der Waals surface area (Å²) in [6, 6.07) is 12.3. The number of hydrogen-bond donors (Lipinski definition) is 1. The summed E-state index contributed by atoms with van der Waals surface area (Å²) in [5.41, 5.74) is 3.50. The summed E-state index contributed by atoms with van der Waals surface area (Å²) in [7, 11) is 3.19. The third-order valence-corrected chi connectivity index (χ3v) is 3.74. The zero-order valence-corrected chi connectivity index (χ0v) is 13.3. The molecule has 0 amide bonds. The largest absolute Gasteiger partial charge is 0.493 e. The van der Waals surface area contributed by atoms with Crippen molar-refractivity contribution < 1.29 is 9.47 Å². The molecule has 0 unspecified atom stereocenters. The van der Waals surface area contributed by atoms with E-state index in [0.29, 0.717) is 23.1 Å². The van der Waals surface area contributed by atoms with Crippen molar-refractivity contribution in [2.45, 2.75) is 20.0 Å². The summed E-state index contributed by atoms with van der Waals surface area (Å²) in [6.45, 7) is 3.55. The van der Waals surface area contributed by atoms with Gasteiger partial charge in [0.2, 0.25) is 0 Å². The molecule has 2 rings (SSSR count). The Hall–Kier alpha value is -1.71. The average molecular weight is 306 g/mol. The highest BCUT2D eigenvalue weighted by Gasteiger charge is 2.12. The fraction of sp³-hybridized carbons (Fsp3) is 0.294. The standard InChI is InChI=1S/C17H20ClNO2/c1-12-4-6-13(7-5-12)10-19-11-14-8-9-15(20-2)17(21-3)16(14)18/h4-9,19H,10-11H2,1-3H3. The van der Waals surface area contributed by atoms with Crippen molar-refractivity contribution in [3.63, 3.8) is 0 Å². The zero-order chi connectivity index (χ0) is 15.2. The Morgan fingerprint density at radius 2 is 1.67 bits per heavy atom. The van der Waals surface area contributed by atoms with Crippen LogP contribution >= 0.6 is 11.6 Å². The number of nitrogens with one attached hydrogen (secondary N) is 1. The topological polar surface area (TPSA) is 30.5 Å². The number of methoxy groups -OCH3 is 2. The van der Waals surface area contributed by atoms with Crippen LogP contribution in [0, 0.1) is 6.92 Å². The second-order valence-electron chi connectivity index (χ2n) is 4.86. The van der Waals surface area contributed by atoms with E-state index in [1.54, 1.807) is 14.2 Å². The van der Waals surface area contributed by atoms with Gasteiger partial charge in [-0.1, -0.05) is 47.5 Å². The van der Waals surface area contributed by atoms with Crippen LogP contribution in [0.4, 0.5) is 0 Å². The van der Waals surface area contributed by atoms with Crippen LogP contribution in [0.15, 0.2) is 36.4 Å². The van der Waals surface area contributed by atoms with Crippen molar-refractivity contribution in [2.24, 2.45) is 0 Å². The Morgan fingerprint density at radius 1 is 0.952 bits per heavy atom. The van der Waals surface area contributed by atoms with E-state index in [1.165, 1.54) is 11.1 Å². The molecule has 0 bridgehead atoms. The second kappa shape index (κ2) is 7.34. The van der Waals surface area contributed by atoms with Crippen LogP contribution in [0.5, 0.6) is 11.5 Å². The summed E-state index contributed by atoms with van der Waals surface area (Å²) < 4.78 is 10.5. The second-order valence-corrected chi connectivity index (χ2v) is 5.24. The molecule has 2 aromatic carbocycles. The number of benzene rings is 2. The van der Waals surface area contributed by atoms with Gasteiger partial charge in [0.1, 0.15) is 0 Å². The molecule has 0 fully saturated rings. The van der Waals surface area contributed by atoms with Gasteiger partial charge >= 0.3 is 0 Å². The first-order chi connectivity index (χ1) is 10.2. The monoisotopic (exact) mass is 305 g/mol. The van der Waals surface area contributed by atoms with Crippen LogP contribution in [-0.4, -0.2) is 14.2 Å². The van der Waals surface area contributed by atoms with Gasteiger partial charge in [-0.2, -0.15) is 0 Å². The minimum atomic E-state index is 0.578. The fourth-order valence-electron chi connectivity index (χ4n) is 2.11. The fourth-order valence-corrected chi connectivity index (χ4v) is 2.41. The van der Waals surface area contributed by atoms with E-state index in [4.69, 9.17) is 21.1 Å². The molecule has 0 saturated carbocycles. The van der Waals surface area contributed by atoms with Crippen molar-refractivity contribution in [1.29, 1.82) is 0 Å². The number of halogens is 1. The molecule has 0 saturated heterocycles. The smallest absolute Gasteiger partial charge is 0.179 e. The molecule has 0 atom stereocenters. The first-order valence-corrected chi connectivity index (χ1v) is 7.19. The van der Waals surface area contributed by atoms with Crippen molar-refractivity contribution in [3.05, 3.63) is 58.1 Å². The Balaban J connectivity index is 2.01. The van der Waals surface area contributed by atoms with Gasteiger partial charge in [0.15, 0.2) is 11.5 Å². The highest BCUT2D eigenvalue weighted by Crippen LogP contribution is 2.37. The van der Waals surface area contributed by atoms with Crippen LogP contribution in [0.1, 0.15) is 16.7 Å². The van der Waals surface area contributed by atoms with E-state index in [2.05, 4.69) is 36.5 Å². The summed E-state index contributed by atoms with van der Waals surface area (Å²) in [6.07, 6.45) is 0. The normalized spacial score (nSPS) is 10.5. The SMILES string of the molecule is COc1ccc(CNCc2ccc(C)cc2)c(Cl)c1OC. The van der Waals surface area contributed by atoms with E-state index in [9.17, 15) is 0 Å². The number of aryl methyl sites for hydroxylation is 1. The maximum absolute atomic E-state index is 6.35. The Morgan fingerprint density at radius 3 is 2.29 bits per heavy atom. The van der Waals surface area contributed by atoms with E-state index >= 15 is 0 Å². The predicted octanol–water partition coefficient (Wildman–Crippen LogP) is 3.96. The highest BCUT2D eigenvalue weighted by atomic mass is 35.5. The molecule has 0 radical (unpaired) electrons. The summed E-state index contributed by atoms with van der Waals surface area (Å²) in [5, 5.41) is 3.98. The first kappa shape index (κ1) is 15.7. The van der Waals surface area contributed by atoms with Crippen molar-refractivity contribution >= 4 is 11.6 Å². The number of rotatable bonds is 6. The maximum atomic E-state index is 6.35. The van der Waals surface area contributed by atoms with Crippen LogP contribution in [-0.2, 0) is 13.1 Å². The maximum Gasteiger partial charge on any atom is 0.179 e. The molecule has 1 N–H and O–H groups in total. The summed E-state index contributed by atoms with van der Waals surface area (Å²) in [4.78, 5) is 0. The Labute approximate surface area is 130 Å². The van der Waals surface area contributed by atoms with Crippen molar-refractivity contribution in [1.82, 2.24) is 5.32 Å². The lowest BCUT2D eigenvalue weighted by Crippen LogP contribution is -2.13. The third-order valence-electron chi connectivity index (χ3n) is 3.33. The van der Waals surface area contributed by atoms with Crippen molar-refractivity contribution in [3.8, 4) is 11.5 Å². The van der Waals surface area contributed by atoms with E-state index < -0.39 is 0 Å². The molecule has 2 aromatic rings. The lowest BCUT2D eigenvalue weighted by atomic mass is 10.1. The Kier molecular flexibility index (Phi) is 5.48. The number of ether oxygens (including phenoxy) is 2. The molecule has 0 aliphatic carbocycles. The molecule has 0 aromatic heterocycles. The molecule has 0 heterocycles. The first-order valence-electron chi connectivity index (χ1n) is 6.81. The van der Waals surface area contributed by atoms with Gasteiger partial charge in [-0.05, 0) is 24.1 Å². The van der Waals surface area contributed by atoms with Crippen LogP contribution in [0.2, 0.25) is 5.02 Å². The molecule has 0 spiro atoms. The van der Waals surface area contributed by atoms with Crippen LogP contribution in [0.25, 0.3) is 0 Å². The molecule has 21 heavy (non-hydrogen) atoms.